The van der Waals surface area contributed by atoms with E-state index in [1.807, 2.05) is 42.5 Å². The number of benzene rings is 2. The average Bonchev–Trinajstić information content (AvgIpc) is 2.79. The number of ether oxygens (including phenoxy) is 2. The van der Waals surface area contributed by atoms with Crippen LogP contribution in [-0.4, -0.2) is 51.3 Å². The Morgan fingerprint density at radius 3 is 2.43 bits per heavy atom. The van der Waals surface area contributed by atoms with Crippen LogP contribution in [0.5, 0.6) is 11.5 Å². The molecule has 6 nitrogen and oxygen atoms in total. The quantitative estimate of drug-likeness (QED) is 0.584. The number of nitrogens with zero attached hydrogens (tertiary/aromatic N) is 1. The first kappa shape index (κ1) is 22.0. The molecular weight excluding hydrogens is 378 g/mol. The second-order valence-corrected chi connectivity index (χ2v) is 7.61. The van der Waals surface area contributed by atoms with E-state index < -0.39 is 0 Å². The van der Waals surface area contributed by atoms with E-state index >= 15 is 0 Å². The molecule has 162 valence electrons. The molecule has 0 bridgehead atoms. The monoisotopic (exact) mass is 411 g/mol. The maximum absolute atomic E-state index is 12.2. The highest BCUT2D eigenvalue weighted by molar-refractivity contribution is 5.90. The lowest BCUT2D eigenvalue weighted by molar-refractivity contribution is 0.224. The van der Waals surface area contributed by atoms with Crippen molar-refractivity contribution in [3.63, 3.8) is 0 Å². The fourth-order valence-corrected chi connectivity index (χ4v) is 3.88. The van der Waals surface area contributed by atoms with Gasteiger partial charge in [-0.25, -0.2) is 4.79 Å². The van der Waals surface area contributed by atoms with Gasteiger partial charge in [0, 0.05) is 29.4 Å². The van der Waals surface area contributed by atoms with Crippen molar-refractivity contribution in [3.05, 3.63) is 42.5 Å². The topological polar surface area (TPSA) is 62.8 Å². The van der Waals surface area contributed by atoms with Crippen LogP contribution in [0.3, 0.4) is 0 Å². The summed E-state index contributed by atoms with van der Waals surface area (Å²) in [6.07, 6.45) is 6.10. The van der Waals surface area contributed by atoms with E-state index in [2.05, 4.69) is 15.5 Å². The first-order chi connectivity index (χ1) is 14.7. The van der Waals surface area contributed by atoms with Gasteiger partial charge in [0.1, 0.15) is 11.5 Å². The van der Waals surface area contributed by atoms with Crippen LogP contribution in [0.15, 0.2) is 42.5 Å². The molecule has 2 aromatic carbocycles. The molecule has 0 aromatic heterocycles. The number of para-hydroxylation sites is 1. The number of anilines is 1. The Morgan fingerprint density at radius 1 is 0.933 bits per heavy atom. The maximum atomic E-state index is 12.2. The van der Waals surface area contributed by atoms with Gasteiger partial charge in [-0.1, -0.05) is 24.6 Å². The smallest absolute Gasteiger partial charge is 0.319 e. The lowest BCUT2D eigenvalue weighted by atomic mass is 10.0. The first-order valence-electron chi connectivity index (χ1n) is 10.8. The molecule has 1 fully saturated rings. The Labute approximate surface area is 179 Å². The number of methoxy groups -OCH3 is 2. The molecule has 1 aliphatic heterocycles. The highest BCUT2D eigenvalue weighted by atomic mass is 16.5. The fourth-order valence-electron chi connectivity index (χ4n) is 3.88. The van der Waals surface area contributed by atoms with Crippen LogP contribution in [0.1, 0.15) is 32.1 Å². The Kier molecular flexibility index (Phi) is 8.39. The summed E-state index contributed by atoms with van der Waals surface area (Å²) in [5.41, 5.74) is 2.55. The van der Waals surface area contributed by atoms with E-state index in [1.54, 1.807) is 14.2 Å². The Bertz CT molecular complexity index is 819. The highest BCUT2D eigenvalue weighted by Crippen LogP contribution is 2.37. The molecule has 1 saturated heterocycles. The van der Waals surface area contributed by atoms with Gasteiger partial charge in [-0.05, 0) is 63.5 Å². The van der Waals surface area contributed by atoms with Gasteiger partial charge in [0.25, 0.3) is 0 Å². The number of hydrogen-bond acceptors (Lipinski definition) is 4. The number of amides is 2. The first-order valence-corrected chi connectivity index (χ1v) is 10.8. The summed E-state index contributed by atoms with van der Waals surface area (Å²) in [7, 11) is 3.28. The molecule has 6 heteroatoms. The van der Waals surface area contributed by atoms with Crippen molar-refractivity contribution in [2.45, 2.75) is 32.1 Å². The van der Waals surface area contributed by atoms with Crippen molar-refractivity contribution in [1.82, 2.24) is 10.2 Å². The second-order valence-electron chi connectivity index (χ2n) is 7.61. The van der Waals surface area contributed by atoms with Gasteiger partial charge in [0.2, 0.25) is 0 Å². The third-order valence-corrected chi connectivity index (χ3v) is 5.49. The SMILES string of the molecule is COc1ccccc1-c1ccc(NC(=O)NCCCCN2CCCCC2)cc1OC. The van der Waals surface area contributed by atoms with E-state index in [1.165, 1.54) is 32.4 Å². The summed E-state index contributed by atoms with van der Waals surface area (Å²) in [6, 6.07) is 13.2. The third kappa shape index (κ3) is 6.13. The largest absolute Gasteiger partial charge is 0.496 e. The number of carbonyl (C=O) groups excluding carboxylic acids is 1. The maximum Gasteiger partial charge on any atom is 0.319 e. The zero-order valence-corrected chi connectivity index (χ0v) is 18.1. The number of nitrogens with one attached hydrogen (secondary N) is 2. The number of rotatable bonds is 9. The van der Waals surface area contributed by atoms with Gasteiger partial charge in [0.15, 0.2) is 0 Å². The minimum Gasteiger partial charge on any atom is -0.496 e. The summed E-state index contributed by atoms with van der Waals surface area (Å²) in [5.74, 6) is 1.46. The molecule has 0 unspecified atom stereocenters. The summed E-state index contributed by atoms with van der Waals surface area (Å²) < 4.78 is 11.0. The van der Waals surface area contributed by atoms with Crippen LogP contribution < -0.4 is 20.1 Å². The van der Waals surface area contributed by atoms with Gasteiger partial charge in [-0.3, -0.25) is 0 Å². The van der Waals surface area contributed by atoms with Crippen molar-refractivity contribution < 1.29 is 14.3 Å². The van der Waals surface area contributed by atoms with E-state index in [4.69, 9.17) is 9.47 Å². The van der Waals surface area contributed by atoms with E-state index in [-0.39, 0.29) is 6.03 Å². The number of unbranched alkanes of at least 4 members (excludes halogenated alkanes) is 1. The molecule has 2 aromatic rings. The minimum atomic E-state index is -0.194. The van der Waals surface area contributed by atoms with Crippen LogP contribution >= 0.6 is 0 Å². The van der Waals surface area contributed by atoms with Crippen LogP contribution in [-0.2, 0) is 0 Å². The van der Waals surface area contributed by atoms with E-state index in [9.17, 15) is 4.79 Å². The van der Waals surface area contributed by atoms with Crippen molar-refractivity contribution in [1.29, 1.82) is 0 Å². The average molecular weight is 412 g/mol. The zero-order chi connectivity index (χ0) is 21.2. The lowest BCUT2D eigenvalue weighted by Crippen LogP contribution is -2.32. The number of urea groups is 1. The van der Waals surface area contributed by atoms with Crippen LogP contribution in [0.25, 0.3) is 11.1 Å². The van der Waals surface area contributed by atoms with Crippen LogP contribution in [0.4, 0.5) is 10.5 Å². The zero-order valence-electron chi connectivity index (χ0n) is 18.1. The molecule has 2 N–H and O–H groups in total. The summed E-state index contributed by atoms with van der Waals surface area (Å²) >= 11 is 0. The van der Waals surface area contributed by atoms with Crippen molar-refractivity contribution in [2.75, 3.05) is 45.7 Å². The third-order valence-electron chi connectivity index (χ3n) is 5.49. The second kappa shape index (κ2) is 11.5. The van der Waals surface area contributed by atoms with Crippen LogP contribution in [0.2, 0.25) is 0 Å². The lowest BCUT2D eigenvalue weighted by Gasteiger charge is -2.26. The van der Waals surface area contributed by atoms with Gasteiger partial charge < -0.3 is 25.0 Å². The molecule has 30 heavy (non-hydrogen) atoms. The number of carbonyl (C=O) groups is 1. The predicted octanol–water partition coefficient (Wildman–Crippen LogP) is 4.76. The van der Waals surface area contributed by atoms with Gasteiger partial charge in [-0.15, -0.1) is 0 Å². The number of likely N-dealkylation sites (tertiary alicyclic amines) is 1. The molecule has 2 amide bonds. The highest BCUT2D eigenvalue weighted by Gasteiger charge is 2.13. The fraction of sp³-hybridized carbons (Fsp3) is 0.458. The Morgan fingerprint density at radius 2 is 1.67 bits per heavy atom. The normalized spacial score (nSPS) is 14.2. The molecule has 1 heterocycles. The molecule has 0 radical (unpaired) electrons. The predicted molar refractivity (Wildman–Crippen MR) is 122 cm³/mol. The summed E-state index contributed by atoms with van der Waals surface area (Å²) in [5, 5.41) is 5.83. The summed E-state index contributed by atoms with van der Waals surface area (Å²) in [4.78, 5) is 14.8. The minimum absolute atomic E-state index is 0.194. The van der Waals surface area contributed by atoms with E-state index in [0.29, 0.717) is 18.0 Å². The van der Waals surface area contributed by atoms with Crippen molar-refractivity contribution in [3.8, 4) is 22.6 Å². The number of hydrogen-bond donors (Lipinski definition) is 2. The van der Waals surface area contributed by atoms with Crippen LogP contribution in [0, 0.1) is 0 Å². The molecule has 0 aliphatic carbocycles. The molecule has 0 saturated carbocycles. The standard InChI is InChI=1S/C24H33N3O3/c1-29-22-11-5-4-10-20(22)21-13-12-19(18-23(21)30-2)26-24(28)25-14-6-9-17-27-15-7-3-8-16-27/h4-5,10-13,18H,3,6-9,14-17H2,1-2H3,(H2,25,26,28). The summed E-state index contributed by atoms with van der Waals surface area (Å²) in [6.45, 7) is 4.25. The Balaban J connectivity index is 1.49. The van der Waals surface area contributed by atoms with Gasteiger partial charge in [-0.2, -0.15) is 0 Å². The molecule has 0 atom stereocenters. The van der Waals surface area contributed by atoms with Crippen molar-refractivity contribution >= 4 is 11.7 Å². The molecule has 3 rings (SSSR count). The molecule has 0 spiro atoms. The van der Waals surface area contributed by atoms with Crippen molar-refractivity contribution in [2.24, 2.45) is 0 Å². The van der Waals surface area contributed by atoms with Gasteiger partial charge >= 0.3 is 6.03 Å². The van der Waals surface area contributed by atoms with Gasteiger partial charge in [0.05, 0.1) is 14.2 Å². The molecule has 1 aliphatic rings. The Hall–Kier alpha value is -2.73. The number of piperidine rings is 1. The molecular formula is C24H33N3O3. The van der Waals surface area contributed by atoms with E-state index in [0.717, 1.165) is 36.3 Å².